The van der Waals surface area contributed by atoms with Gasteiger partial charge in [0.1, 0.15) is 0 Å². The summed E-state index contributed by atoms with van der Waals surface area (Å²) in [4.78, 5) is 20.8. The zero-order chi connectivity index (χ0) is 17.5. The first kappa shape index (κ1) is 19.7. The molecule has 0 aromatic heterocycles. The smallest absolute Gasteiger partial charge is 0.239 e. The Labute approximate surface area is 141 Å². The molecule has 134 valence electrons. The van der Waals surface area contributed by atoms with Gasteiger partial charge >= 0.3 is 0 Å². The van der Waals surface area contributed by atoms with Crippen molar-refractivity contribution in [3.63, 3.8) is 0 Å². The molecule has 1 aliphatic heterocycles. The molecule has 0 saturated carbocycles. The van der Waals surface area contributed by atoms with E-state index in [-0.39, 0.29) is 17.5 Å². The lowest BCUT2D eigenvalue weighted by Crippen LogP contribution is -2.47. The number of guanidine groups is 1. The van der Waals surface area contributed by atoms with E-state index in [1.807, 2.05) is 14.1 Å². The Kier molecular flexibility index (Phi) is 7.82. The zero-order valence-corrected chi connectivity index (χ0v) is 15.8. The van der Waals surface area contributed by atoms with Gasteiger partial charge in [-0.25, -0.2) is 0 Å². The van der Waals surface area contributed by atoms with E-state index in [0.29, 0.717) is 0 Å². The van der Waals surface area contributed by atoms with Gasteiger partial charge in [-0.3, -0.25) is 14.7 Å². The molecular formula is C17H35N5O. The summed E-state index contributed by atoms with van der Waals surface area (Å²) in [6.45, 7) is 12.0. The van der Waals surface area contributed by atoms with Crippen LogP contribution >= 0.6 is 0 Å². The highest BCUT2D eigenvalue weighted by Gasteiger charge is 2.30. The molecule has 1 amide bonds. The van der Waals surface area contributed by atoms with E-state index < -0.39 is 0 Å². The van der Waals surface area contributed by atoms with Crippen molar-refractivity contribution >= 4 is 11.9 Å². The number of carbonyl (C=O) groups excluding carboxylic acids is 1. The van der Waals surface area contributed by atoms with Gasteiger partial charge in [-0.2, -0.15) is 0 Å². The van der Waals surface area contributed by atoms with Crippen LogP contribution in [0.2, 0.25) is 0 Å². The Balaban J connectivity index is 2.45. The average molecular weight is 326 g/mol. The molecule has 23 heavy (non-hydrogen) atoms. The topological polar surface area (TPSA) is 60.0 Å². The maximum Gasteiger partial charge on any atom is 0.239 e. The molecule has 1 unspecified atom stereocenters. The van der Waals surface area contributed by atoms with Gasteiger partial charge in [0.25, 0.3) is 0 Å². The van der Waals surface area contributed by atoms with Gasteiger partial charge in [-0.05, 0) is 53.5 Å². The predicted octanol–water partition coefficient (Wildman–Crippen LogP) is 1.28. The highest BCUT2D eigenvalue weighted by atomic mass is 16.2. The summed E-state index contributed by atoms with van der Waals surface area (Å²) in [7, 11) is 3.67. The number of rotatable bonds is 6. The second-order valence-corrected chi connectivity index (χ2v) is 7.42. The molecule has 1 saturated heterocycles. The van der Waals surface area contributed by atoms with Crippen molar-refractivity contribution in [3.05, 3.63) is 0 Å². The molecule has 0 radical (unpaired) electrons. The van der Waals surface area contributed by atoms with E-state index in [1.54, 1.807) is 4.90 Å². The monoisotopic (exact) mass is 325 g/mol. The van der Waals surface area contributed by atoms with Crippen LogP contribution < -0.4 is 10.6 Å². The first-order chi connectivity index (χ1) is 10.7. The lowest BCUT2D eigenvalue weighted by molar-refractivity contribution is -0.133. The standard InChI is InChI=1S/C17H35N5O/c1-7-18-16(20-17(2,3)4)19-11-9-13-22-12-8-10-14(22)15(23)21(5)6/h14H,7-13H2,1-6H3,(H2,18,19,20). The summed E-state index contributed by atoms with van der Waals surface area (Å²) >= 11 is 0. The van der Waals surface area contributed by atoms with Crippen molar-refractivity contribution in [2.75, 3.05) is 40.3 Å². The summed E-state index contributed by atoms with van der Waals surface area (Å²) in [5.41, 5.74) is -0.000812. The number of hydrogen-bond acceptors (Lipinski definition) is 3. The molecule has 0 aromatic carbocycles. The normalized spacial score (nSPS) is 19.7. The number of nitrogens with one attached hydrogen (secondary N) is 2. The molecule has 1 heterocycles. The van der Waals surface area contributed by atoms with Gasteiger partial charge in [0.05, 0.1) is 6.04 Å². The van der Waals surface area contributed by atoms with Gasteiger partial charge in [-0.1, -0.05) is 0 Å². The Morgan fingerprint density at radius 3 is 2.61 bits per heavy atom. The van der Waals surface area contributed by atoms with Crippen LogP contribution in [-0.2, 0) is 4.79 Å². The van der Waals surface area contributed by atoms with Crippen LogP contribution in [0.3, 0.4) is 0 Å². The molecule has 1 rings (SSSR count). The van der Waals surface area contributed by atoms with Crippen molar-refractivity contribution in [1.29, 1.82) is 0 Å². The summed E-state index contributed by atoms with van der Waals surface area (Å²) in [6.07, 6.45) is 3.06. The number of likely N-dealkylation sites (N-methyl/N-ethyl adjacent to an activating group) is 1. The number of nitrogens with zero attached hydrogens (tertiary/aromatic N) is 3. The van der Waals surface area contributed by atoms with Crippen molar-refractivity contribution in [1.82, 2.24) is 20.4 Å². The van der Waals surface area contributed by atoms with E-state index >= 15 is 0 Å². The minimum Gasteiger partial charge on any atom is -0.357 e. The second-order valence-electron chi connectivity index (χ2n) is 7.42. The Morgan fingerprint density at radius 2 is 2.04 bits per heavy atom. The van der Waals surface area contributed by atoms with E-state index in [0.717, 1.165) is 51.4 Å². The van der Waals surface area contributed by atoms with E-state index in [9.17, 15) is 4.79 Å². The number of aliphatic imine (C=N–C) groups is 1. The minimum absolute atomic E-state index is 0.000812. The fourth-order valence-electron chi connectivity index (χ4n) is 2.80. The fraction of sp³-hybridized carbons (Fsp3) is 0.882. The Hall–Kier alpha value is -1.30. The van der Waals surface area contributed by atoms with Gasteiger partial charge in [0.15, 0.2) is 5.96 Å². The Bertz CT molecular complexity index is 400. The van der Waals surface area contributed by atoms with E-state index in [1.165, 1.54) is 0 Å². The van der Waals surface area contributed by atoms with Crippen LogP contribution in [0.5, 0.6) is 0 Å². The molecule has 2 N–H and O–H groups in total. The fourth-order valence-corrected chi connectivity index (χ4v) is 2.80. The van der Waals surface area contributed by atoms with Crippen LogP contribution in [0.25, 0.3) is 0 Å². The highest BCUT2D eigenvalue weighted by Crippen LogP contribution is 2.18. The summed E-state index contributed by atoms with van der Waals surface area (Å²) in [5, 5.41) is 6.67. The number of likely N-dealkylation sites (tertiary alicyclic amines) is 1. The van der Waals surface area contributed by atoms with Crippen LogP contribution in [0, 0.1) is 0 Å². The summed E-state index contributed by atoms with van der Waals surface area (Å²) in [6, 6.07) is 0.0647. The second kappa shape index (κ2) is 9.11. The average Bonchev–Trinajstić information content (AvgIpc) is 2.89. The van der Waals surface area contributed by atoms with Crippen LogP contribution in [-0.4, -0.2) is 73.5 Å². The maximum atomic E-state index is 12.2. The molecule has 0 bridgehead atoms. The van der Waals surface area contributed by atoms with E-state index in [4.69, 9.17) is 0 Å². The minimum atomic E-state index is -0.000812. The molecule has 1 aliphatic rings. The third kappa shape index (κ3) is 7.20. The predicted molar refractivity (Wildman–Crippen MR) is 96.8 cm³/mol. The van der Waals surface area contributed by atoms with Gasteiger partial charge < -0.3 is 15.5 Å². The number of hydrogen-bond donors (Lipinski definition) is 2. The third-order valence-electron chi connectivity index (χ3n) is 3.80. The lowest BCUT2D eigenvalue weighted by Gasteiger charge is -2.26. The lowest BCUT2D eigenvalue weighted by atomic mass is 10.1. The largest absolute Gasteiger partial charge is 0.357 e. The first-order valence-electron chi connectivity index (χ1n) is 8.76. The van der Waals surface area contributed by atoms with Crippen LogP contribution in [0.15, 0.2) is 4.99 Å². The van der Waals surface area contributed by atoms with Crippen molar-refractivity contribution in [2.24, 2.45) is 4.99 Å². The zero-order valence-electron chi connectivity index (χ0n) is 15.8. The molecule has 6 heteroatoms. The van der Waals surface area contributed by atoms with Crippen molar-refractivity contribution < 1.29 is 4.79 Å². The molecule has 0 spiro atoms. The van der Waals surface area contributed by atoms with Crippen LogP contribution in [0.4, 0.5) is 0 Å². The third-order valence-corrected chi connectivity index (χ3v) is 3.80. The molecule has 0 aromatic rings. The molecular weight excluding hydrogens is 290 g/mol. The maximum absolute atomic E-state index is 12.2. The summed E-state index contributed by atoms with van der Waals surface area (Å²) in [5.74, 6) is 1.09. The first-order valence-corrected chi connectivity index (χ1v) is 8.76. The van der Waals surface area contributed by atoms with Crippen molar-refractivity contribution in [3.8, 4) is 0 Å². The molecule has 0 aliphatic carbocycles. The number of amides is 1. The quantitative estimate of drug-likeness (QED) is 0.439. The van der Waals surface area contributed by atoms with Gasteiger partial charge in [0, 0.05) is 39.3 Å². The van der Waals surface area contributed by atoms with E-state index in [2.05, 4.69) is 48.2 Å². The molecule has 1 atom stereocenters. The molecule has 1 fully saturated rings. The SMILES string of the molecule is CCNC(=NCCCN1CCCC1C(=O)N(C)C)NC(C)(C)C. The van der Waals surface area contributed by atoms with Gasteiger partial charge in [-0.15, -0.1) is 0 Å². The number of carbonyl (C=O) groups is 1. The Morgan fingerprint density at radius 1 is 1.35 bits per heavy atom. The summed E-state index contributed by atoms with van der Waals surface area (Å²) < 4.78 is 0. The highest BCUT2D eigenvalue weighted by molar-refractivity contribution is 5.81. The van der Waals surface area contributed by atoms with Crippen LogP contribution in [0.1, 0.15) is 47.0 Å². The molecule has 6 nitrogen and oxygen atoms in total. The van der Waals surface area contributed by atoms with Crippen molar-refractivity contribution in [2.45, 2.75) is 58.5 Å². The van der Waals surface area contributed by atoms with Gasteiger partial charge in [0.2, 0.25) is 5.91 Å².